The minimum absolute atomic E-state index is 0.226. The maximum atomic E-state index is 11.4. The Balaban J connectivity index is 2.41. The standard InChI is InChI=1S/C20H22O2/c1-15(13-17-9-5-4-6-10-17)20(16(2)14-21)18-11-7-8-12-19(18)22-3/h4-12,14-15H,13H2,1-3H3/b20-16+. The summed E-state index contributed by atoms with van der Waals surface area (Å²) in [5, 5.41) is 0. The molecule has 22 heavy (non-hydrogen) atoms. The number of para-hydroxylation sites is 1. The fourth-order valence-electron chi connectivity index (χ4n) is 2.87. The number of methoxy groups -OCH3 is 1. The van der Waals surface area contributed by atoms with Crippen molar-refractivity contribution in [2.24, 2.45) is 5.92 Å². The normalized spacial score (nSPS) is 13.2. The fourth-order valence-corrected chi connectivity index (χ4v) is 2.87. The SMILES string of the molecule is COc1ccccc1/C(=C(\C)C=O)C(C)Cc1ccccc1. The number of carbonyl (C=O) groups is 1. The number of ether oxygens (including phenoxy) is 1. The van der Waals surface area contributed by atoms with Crippen LogP contribution in [0.15, 0.2) is 60.2 Å². The molecule has 2 heteroatoms. The van der Waals surface area contributed by atoms with E-state index in [2.05, 4.69) is 19.1 Å². The van der Waals surface area contributed by atoms with Gasteiger partial charge in [0.2, 0.25) is 0 Å². The largest absolute Gasteiger partial charge is 0.496 e. The molecule has 0 aromatic heterocycles. The molecular formula is C20H22O2. The first-order valence-corrected chi connectivity index (χ1v) is 7.50. The number of rotatable bonds is 6. The number of aldehydes is 1. The molecule has 0 saturated heterocycles. The zero-order valence-electron chi connectivity index (χ0n) is 13.4. The van der Waals surface area contributed by atoms with Crippen molar-refractivity contribution in [2.75, 3.05) is 7.11 Å². The Morgan fingerprint density at radius 3 is 2.36 bits per heavy atom. The molecule has 2 aromatic carbocycles. The second-order valence-electron chi connectivity index (χ2n) is 5.51. The summed E-state index contributed by atoms with van der Waals surface area (Å²) in [5.74, 6) is 1.03. The van der Waals surface area contributed by atoms with E-state index in [9.17, 15) is 4.79 Å². The summed E-state index contributed by atoms with van der Waals surface area (Å²) >= 11 is 0. The predicted molar refractivity (Wildman–Crippen MR) is 91.0 cm³/mol. The van der Waals surface area contributed by atoms with E-state index in [0.717, 1.165) is 35.2 Å². The average Bonchev–Trinajstić information content (AvgIpc) is 2.56. The fraction of sp³-hybridized carbons (Fsp3) is 0.250. The summed E-state index contributed by atoms with van der Waals surface area (Å²) in [5.41, 5.74) is 4.07. The third-order valence-electron chi connectivity index (χ3n) is 3.88. The third-order valence-corrected chi connectivity index (χ3v) is 3.88. The van der Waals surface area contributed by atoms with Crippen molar-refractivity contribution in [3.8, 4) is 5.75 Å². The van der Waals surface area contributed by atoms with Crippen LogP contribution in [0.1, 0.15) is 25.0 Å². The highest BCUT2D eigenvalue weighted by molar-refractivity contribution is 5.89. The molecule has 0 N–H and O–H groups in total. The Morgan fingerprint density at radius 2 is 1.73 bits per heavy atom. The minimum Gasteiger partial charge on any atom is -0.496 e. The van der Waals surface area contributed by atoms with Gasteiger partial charge in [-0.15, -0.1) is 0 Å². The van der Waals surface area contributed by atoms with Crippen molar-refractivity contribution >= 4 is 11.9 Å². The van der Waals surface area contributed by atoms with E-state index in [1.807, 2.05) is 49.4 Å². The molecule has 0 aliphatic heterocycles. The molecule has 0 aliphatic rings. The molecule has 0 heterocycles. The van der Waals surface area contributed by atoms with Crippen LogP contribution in [0.5, 0.6) is 5.75 Å². The highest BCUT2D eigenvalue weighted by atomic mass is 16.5. The second-order valence-corrected chi connectivity index (χ2v) is 5.51. The summed E-state index contributed by atoms with van der Waals surface area (Å²) in [6, 6.07) is 18.2. The number of allylic oxidation sites excluding steroid dienone is 2. The van der Waals surface area contributed by atoms with Crippen molar-refractivity contribution in [2.45, 2.75) is 20.3 Å². The van der Waals surface area contributed by atoms with Gasteiger partial charge in [0.25, 0.3) is 0 Å². The highest BCUT2D eigenvalue weighted by Gasteiger charge is 2.18. The first kappa shape index (κ1) is 16.0. The van der Waals surface area contributed by atoms with E-state index in [4.69, 9.17) is 4.74 Å². The minimum atomic E-state index is 0.226. The number of carbonyl (C=O) groups excluding carboxylic acids is 1. The van der Waals surface area contributed by atoms with E-state index in [1.165, 1.54) is 5.56 Å². The number of hydrogen-bond acceptors (Lipinski definition) is 2. The molecule has 1 atom stereocenters. The van der Waals surface area contributed by atoms with E-state index in [-0.39, 0.29) is 5.92 Å². The van der Waals surface area contributed by atoms with Crippen LogP contribution >= 0.6 is 0 Å². The molecule has 2 nitrogen and oxygen atoms in total. The quantitative estimate of drug-likeness (QED) is 0.577. The van der Waals surface area contributed by atoms with E-state index in [0.29, 0.717) is 0 Å². The van der Waals surface area contributed by atoms with Crippen molar-refractivity contribution < 1.29 is 9.53 Å². The molecule has 0 fully saturated rings. The van der Waals surface area contributed by atoms with Gasteiger partial charge in [-0.2, -0.15) is 0 Å². The van der Waals surface area contributed by atoms with Gasteiger partial charge in [-0.1, -0.05) is 55.5 Å². The van der Waals surface area contributed by atoms with E-state index in [1.54, 1.807) is 7.11 Å². The van der Waals surface area contributed by atoms with Gasteiger partial charge in [-0.05, 0) is 42.0 Å². The lowest BCUT2D eigenvalue weighted by atomic mass is 9.85. The molecule has 0 bridgehead atoms. The van der Waals surface area contributed by atoms with Crippen molar-refractivity contribution in [3.63, 3.8) is 0 Å². The van der Waals surface area contributed by atoms with Crippen LogP contribution in [-0.4, -0.2) is 13.4 Å². The molecule has 0 radical (unpaired) electrons. The van der Waals surface area contributed by atoms with Crippen LogP contribution in [0.25, 0.3) is 5.57 Å². The van der Waals surface area contributed by atoms with Gasteiger partial charge >= 0.3 is 0 Å². The Hall–Kier alpha value is -2.35. The molecule has 114 valence electrons. The van der Waals surface area contributed by atoms with Gasteiger partial charge in [0.1, 0.15) is 12.0 Å². The summed E-state index contributed by atoms with van der Waals surface area (Å²) in [6.45, 7) is 4.03. The van der Waals surface area contributed by atoms with Crippen LogP contribution in [0.2, 0.25) is 0 Å². The maximum Gasteiger partial charge on any atom is 0.146 e. The summed E-state index contributed by atoms with van der Waals surface area (Å²) in [6.07, 6.45) is 1.82. The van der Waals surface area contributed by atoms with Gasteiger partial charge in [-0.3, -0.25) is 4.79 Å². The van der Waals surface area contributed by atoms with Gasteiger partial charge in [0.05, 0.1) is 7.11 Å². The van der Waals surface area contributed by atoms with Crippen LogP contribution < -0.4 is 4.74 Å². The van der Waals surface area contributed by atoms with Crippen LogP contribution in [0.4, 0.5) is 0 Å². The number of benzene rings is 2. The van der Waals surface area contributed by atoms with Gasteiger partial charge in [0.15, 0.2) is 0 Å². The Morgan fingerprint density at radius 1 is 1.09 bits per heavy atom. The monoisotopic (exact) mass is 294 g/mol. The van der Waals surface area contributed by atoms with Crippen molar-refractivity contribution in [3.05, 3.63) is 71.3 Å². The van der Waals surface area contributed by atoms with E-state index >= 15 is 0 Å². The summed E-state index contributed by atoms with van der Waals surface area (Å²) in [4.78, 5) is 11.4. The molecule has 1 unspecified atom stereocenters. The molecular weight excluding hydrogens is 272 g/mol. The highest BCUT2D eigenvalue weighted by Crippen LogP contribution is 2.34. The molecule has 2 aromatic rings. The third kappa shape index (κ3) is 3.64. The van der Waals surface area contributed by atoms with Crippen LogP contribution in [0.3, 0.4) is 0 Å². The molecule has 0 amide bonds. The first-order valence-electron chi connectivity index (χ1n) is 7.50. The Kier molecular flexibility index (Phi) is 5.54. The lowest BCUT2D eigenvalue weighted by Crippen LogP contribution is -2.07. The van der Waals surface area contributed by atoms with Crippen molar-refractivity contribution in [1.29, 1.82) is 0 Å². The molecule has 0 saturated carbocycles. The first-order chi connectivity index (χ1) is 10.7. The smallest absolute Gasteiger partial charge is 0.146 e. The molecule has 0 spiro atoms. The summed E-state index contributed by atoms with van der Waals surface area (Å²) < 4.78 is 5.47. The Bertz CT molecular complexity index is 656. The van der Waals surface area contributed by atoms with Gasteiger partial charge in [-0.25, -0.2) is 0 Å². The predicted octanol–water partition coefficient (Wildman–Crippen LogP) is 4.55. The van der Waals surface area contributed by atoms with Crippen LogP contribution in [-0.2, 0) is 11.2 Å². The maximum absolute atomic E-state index is 11.4. The second kappa shape index (κ2) is 7.60. The molecule has 0 aliphatic carbocycles. The van der Waals surface area contributed by atoms with Gasteiger partial charge in [0, 0.05) is 5.56 Å². The number of hydrogen-bond donors (Lipinski definition) is 0. The molecule has 2 rings (SSSR count). The van der Waals surface area contributed by atoms with Crippen LogP contribution in [0, 0.1) is 5.92 Å². The lowest BCUT2D eigenvalue weighted by Gasteiger charge is -2.20. The lowest BCUT2D eigenvalue weighted by molar-refractivity contribution is -0.104. The Labute approximate surface area is 132 Å². The summed E-state index contributed by atoms with van der Waals surface area (Å²) in [7, 11) is 1.66. The topological polar surface area (TPSA) is 26.3 Å². The van der Waals surface area contributed by atoms with Crippen molar-refractivity contribution in [1.82, 2.24) is 0 Å². The average molecular weight is 294 g/mol. The van der Waals surface area contributed by atoms with E-state index < -0.39 is 0 Å². The zero-order valence-corrected chi connectivity index (χ0v) is 13.4. The zero-order chi connectivity index (χ0) is 15.9. The van der Waals surface area contributed by atoms with Gasteiger partial charge < -0.3 is 4.74 Å².